The number of nitrogens with zero attached hydrogens (tertiary/aromatic N) is 1. The average Bonchev–Trinajstić information content (AvgIpc) is 2.89. The van der Waals surface area contributed by atoms with Crippen LogP contribution in [-0.4, -0.2) is 11.5 Å². The Morgan fingerprint density at radius 3 is 2.62 bits per heavy atom. The van der Waals surface area contributed by atoms with Gasteiger partial charge in [-0.3, -0.25) is 0 Å². The summed E-state index contributed by atoms with van der Waals surface area (Å²) in [5.74, 6) is 1.40. The third kappa shape index (κ3) is 3.34. The first-order valence-corrected chi connectivity index (χ1v) is 9.40. The number of thiazole rings is 1. The third-order valence-electron chi connectivity index (χ3n) is 4.92. The number of hydrogen-bond donors (Lipinski definition) is 1. The molecule has 0 radical (unpaired) electrons. The molecule has 0 aromatic carbocycles. The maximum Gasteiger partial charge on any atom is 0.113 e. The van der Waals surface area contributed by atoms with Gasteiger partial charge in [0, 0.05) is 10.8 Å². The fourth-order valence-electron chi connectivity index (χ4n) is 3.80. The maximum absolute atomic E-state index is 5.08. The third-order valence-corrected chi connectivity index (χ3v) is 5.94. The molecule has 1 aliphatic carbocycles. The Hall–Kier alpha value is -0.410. The number of aromatic nitrogens is 1. The van der Waals surface area contributed by atoms with E-state index < -0.39 is 0 Å². The zero-order valence-electron chi connectivity index (χ0n) is 14.6. The summed E-state index contributed by atoms with van der Waals surface area (Å²) in [6, 6.07) is 0. The van der Waals surface area contributed by atoms with E-state index in [-0.39, 0.29) is 11.0 Å². The molecule has 21 heavy (non-hydrogen) atoms. The van der Waals surface area contributed by atoms with Crippen molar-refractivity contribution in [1.29, 1.82) is 0 Å². The second-order valence-corrected chi connectivity index (χ2v) is 8.74. The quantitative estimate of drug-likeness (QED) is 0.838. The van der Waals surface area contributed by atoms with E-state index in [1.807, 2.05) is 11.3 Å². The van der Waals surface area contributed by atoms with E-state index in [1.54, 1.807) is 0 Å². The van der Waals surface area contributed by atoms with E-state index in [2.05, 4.69) is 52.2 Å². The molecule has 1 aliphatic rings. The summed E-state index contributed by atoms with van der Waals surface area (Å²) in [4.78, 5) is 5.08. The Labute approximate surface area is 134 Å². The standard InChI is InChI=1S/C18H32N2S/c1-7-19-18(11-9-8-10-14(18)13(2)3)16-20-15(12-21-16)17(4,5)6/h12-14,19H,7-11H2,1-6H3. The predicted octanol–water partition coefficient (Wildman–Crippen LogP) is 5.09. The molecule has 1 aromatic rings. The predicted molar refractivity (Wildman–Crippen MR) is 93.0 cm³/mol. The zero-order chi connectivity index (χ0) is 15.7. The first-order chi connectivity index (χ1) is 9.81. The van der Waals surface area contributed by atoms with Crippen molar-refractivity contribution >= 4 is 11.3 Å². The summed E-state index contributed by atoms with van der Waals surface area (Å²) >= 11 is 1.87. The van der Waals surface area contributed by atoms with Crippen LogP contribution < -0.4 is 5.32 Å². The zero-order valence-corrected chi connectivity index (χ0v) is 15.4. The molecule has 1 saturated carbocycles. The van der Waals surface area contributed by atoms with Crippen LogP contribution in [0.2, 0.25) is 0 Å². The van der Waals surface area contributed by atoms with Crippen molar-refractivity contribution in [2.75, 3.05) is 6.54 Å². The van der Waals surface area contributed by atoms with Gasteiger partial charge in [-0.2, -0.15) is 0 Å². The van der Waals surface area contributed by atoms with Gasteiger partial charge < -0.3 is 5.32 Å². The highest BCUT2D eigenvalue weighted by atomic mass is 32.1. The molecule has 1 heterocycles. The van der Waals surface area contributed by atoms with Gasteiger partial charge in [-0.05, 0) is 31.2 Å². The molecule has 1 N–H and O–H groups in total. The number of hydrogen-bond acceptors (Lipinski definition) is 3. The van der Waals surface area contributed by atoms with Gasteiger partial charge in [-0.1, -0.05) is 54.4 Å². The molecule has 1 fully saturated rings. The monoisotopic (exact) mass is 308 g/mol. The van der Waals surface area contributed by atoms with Crippen molar-refractivity contribution in [3.05, 3.63) is 16.1 Å². The highest BCUT2D eigenvalue weighted by molar-refractivity contribution is 7.09. The summed E-state index contributed by atoms with van der Waals surface area (Å²) in [5.41, 5.74) is 1.49. The van der Waals surface area contributed by atoms with E-state index in [0.717, 1.165) is 6.54 Å². The van der Waals surface area contributed by atoms with E-state index in [0.29, 0.717) is 11.8 Å². The minimum atomic E-state index is 0.106. The van der Waals surface area contributed by atoms with Gasteiger partial charge in [-0.25, -0.2) is 4.98 Å². The van der Waals surface area contributed by atoms with Crippen molar-refractivity contribution in [2.45, 2.75) is 78.2 Å². The second-order valence-electron chi connectivity index (χ2n) is 7.89. The minimum Gasteiger partial charge on any atom is -0.305 e. The van der Waals surface area contributed by atoms with Crippen LogP contribution in [0.5, 0.6) is 0 Å². The number of nitrogens with one attached hydrogen (secondary N) is 1. The van der Waals surface area contributed by atoms with Crippen molar-refractivity contribution in [3.63, 3.8) is 0 Å². The highest BCUT2D eigenvalue weighted by Crippen LogP contribution is 2.46. The molecule has 2 rings (SSSR count). The molecule has 0 amide bonds. The average molecular weight is 309 g/mol. The van der Waals surface area contributed by atoms with Crippen molar-refractivity contribution in [2.24, 2.45) is 11.8 Å². The summed E-state index contributed by atoms with van der Waals surface area (Å²) in [7, 11) is 0. The Balaban J connectivity index is 2.43. The van der Waals surface area contributed by atoms with Crippen LogP contribution in [0, 0.1) is 11.8 Å². The van der Waals surface area contributed by atoms with Crippen LogP contribution in [0.25, 0.3) is 0 Å². The lowest BCUT2D eigenvalue weighted by Gasteiger charge is -2.45. The maximum atomic E-state index is 5.08. The van der Waals surface area contributed by atoms with Crippen LogP contribution >= 0.6 is 11.3 Å². The molecule has 0 aliphatic heterocycles. The fourth-order valence-corrected chi connectivity index (χ4v) is 5.12. The lowest BCUT2D eigenvalue weighted by Crippen LogP contribution is -2.52. The summed E-state index contributed by atoms with van der Waals surface area (Å²) < 4.78 is 0. The van der Waals surface area contributed by atoms with Crippen LogP contribution in [0.3, 0.4) is 0 Å². The van der Waals surface area contributed by atoms with Crippen LogP contribution in [0.4, 0.5) is 0 Å². The molecule has 1 aromatic heterocycles. The van der Waals surface area contributed by atoms with Gasteiger partial charge in [0.2, 0.25) is 0 Å². The second kappa shape index (κ2) is 6.37. The van der Waals surface area contributed by atoms with Crippen LogP contribution in [0.15, 0.2) is 5.38 Å². The van der Waals surface area contributed by atoms with Crippen LogP contribution in [0.1, 0.15) is 77.9 Å². The normalized spacial score (nSPS) is 27.3. The van der Waals surface area contributed by atoms with Crippen molar-refractivity contribution < 1.29 is 0 Å². The summed E-state index contributed by atoms with van der Waals surface area (Å²) in [6.07, 6.45) is 5.25. The van der Waals surface area contributed by atoms with Gasteiger partial charge in [0.1, 0.15) is 5.01 Å². The molecular weight excluding hydrogens is 276 g/mol. The van der Waals surface area contributed by atoms with Gasteiger partial charge in [0.05, 0.1) is 11.2 Å². The van der Waals surface area contributed by atoms with E-state index >= 15 is 0 Å². The van der Waals surface area contributed by atoms with Gasteiger partial charge in [0.15, 0.2) is 0 Å². The van der Waals surface area contributed by atoms with Gasteiger partial charge >= 0.3 is 0 Å². The van der Waals surface area contributed by atoms with E-state index in [1.165, 1.54) is 36.4 Å². The van der Waals surface area contributed by atoms with Crippen molar-refractivity contribution in [1.82, 2.24) is 10.3 Å². The molecule has 0 spiro atoms. The Morgan fingerprint density at radius 1 is 1.38 bits per heavy atom. The molecule has 0 saturated heterocycles. The topological polar surface area (TPSA) is 24.9 Å². The number of rotatable bonds is 4. The SMILES string of the molecule is CCNC1(c2nc(C(C)(C)C)cs2)CCCCC1C(C)C. The van der Waals surface area contributed by atoms with Crippen LogP contribution in [-0.2, 0) is 11.0 Å². The van der Waals surface area contributed by atoms with E-state index in [9.17, 15) is 0 Å². The molecule has 2 unspecified atom stereocenters. The summed E-state index contributed by atoms with van der Waals surface area (Å²) in [6.45, 7) is 14.8. The smallest absolute Gasteiger partial charge is 0.113 e. The molecule has 2 nitrogen and oxygen atoms in total. The van der Waals surface area contributed by atoms with E-state index in [4.69, 9.17) is 4.98 Å². The van der Waals surface area contributed by atoms with Crippen molar-refractivity contribution in [3.8, 4) is 0 Å². The minimum absolute atomic E-state index is 0.106. The highest BCUT2D eigenvalue weighted by Gasteiger charge is 2.45. The lowest BCUT2D eigenvalue weighted by molar-refractivity contribution is 0.101. The summed E-state index contributed by atoms with van der Waals surface area (Å²) in [5, 5.41) is 7.46. The lowest BCUT2D eigenvalue weighted by atomic mass is 9.68. The van der Waals surface area contributed by atoms with Gasteiger partial charge in [0.25, 0.3) is 0 Å². The molecule has 2 atom stereocenters. The molecule has 3 heteroatoms. The Bertz CT molecular complexity index is 454. The molecule has 120 valence electrons. The molecular formula is C18H32N2S. The Kier molecular flexibility index (Phi) is 5.15. The fraction of sp³-hybridized carbons (Fsp3) is 0.833. The largest absolute Gasteiger partial charge is 0.305 e. The first-order valence-electron chi connectivity index (χ1n) is 8.52. The molecule has 0 bridgehead atoms. The van der Waals surface area contributed by atoms with Gasteiger partial charge in [-0.15, -0.1) is 11.3 Å². The Morgan fingerprint density at radius 2 is 2.10 bits per heavy atom. The first kappa shape index (κ1) is 17.0.